The normalized spacial score (nSPS) is 12.7. The second kappa shape index (κ2) is 3.54. The summed E-state index contributed by atoms with van der Waals surface area (Å²) >= 11 is 1.36. The first-order valence-electron chi connectivity index (χ1n) is 2.48. The fourth-order valence-corrected chi connectivity index (χ4v) is 0.349. The van der Waals surface area contributed by atoms with Crippen molar-refractivity contribution in [3.63, 3.8) is 0 Å². The van der Waals surface area contributed by atoms with Gasteiger partial charge in [-0.2, -0.15) is 0 Å². The maximum absolute atomic E-state index is 9.97. The van der Waals surface area contributed by atoms with Gasteiger partial charge in [0.15, 0.2) is 0 Å². The first-order valence-corrected chi connectivity index (χ1v) is 2.48. The van der Waals surface area contributed by atoms with Crippen LogP contribution in [0, 0.1) is 0 Å². The van der Waals surface area contributed by atoms with Crippen LogP contribution in [0.15, 0.2) is 0 Å². The van der Waals surface area contributed by atoms with Crippen molar-refractivity contribution in [2.75, 3.05) is 0 Å². The number of rotatable bonds is 3. The van der Waals surface area contributed by atoms with Crippen molar-refractivity contribution in [1.29, 1.82) is 0 Å². The third-order valence-corrected chi connectivity index (χ3v) is 0.902. The Morgan fingerprint density at radius 2 is 1.89 bits per heavy atom. The van der Waals surface area contributed by atoms with Crippen LogP contribution in [0.1, 0.15) is 6.42 Å². The van der Waals surface area contributed by atoms with Crippen LogP contribution < -0.4 is 0 Å². The van der Waals surface area contributed by atoms with Gasteiger partial charge in [-0.15, -0.1) is 0 Å². The Kier molecular flexibility index (Phi) is 3.36. The van der Waals surface area contributed by atoms with Crippen LogP contribution >= 0.6 is 0 Å². The monoisotopic (exact) mass is 124 g/mol. The summed E-state index contributed by atoms with van der Waals surface area (Å²) in [4.78, 5) is 19.8. The summed E-state index contributed by atoms with van der Waals surface area (Å²) in [5.74, 6) is -2.15. The molecule has 0 heterocycles. The van der Waals surface area contributed by atoms with E-state index in [0.29, 0.717) is 0 Å². The second-order valence-electron chi connectivity index (χ2n) is 1.84. The number of hydrogen-bond acceptors (Lipinski definition) is 2. The first-order chi connectivity index (χ1) is 4.04. The Morgan fingerprint density at radius 1 is 1.44 bits per heavy atom. The first kappa shape index (κ1) is 8.54. The molecule has 0 aromatic heterocycles. The number of aliphatic carboxylic acids is 2. The van der Waals surface area contributed by atoms with Gasteiger partial charge in [-0.3, -0.25) is 0 Å². The molecule has 1 atom stereocenters. The summed E-state index contributed by atoms with van der Waals surface area (Å²) in [7, 11) is 0. The molecule has 5 heteroatoms. The second-order valence-corrected chi connectivity index (χ2v) is 1.84. The summed E-state index contributed by atoms with van der Waals surface area (Å²) in [5.41, 5.74) is 0. The van der Waals surface area contributed by atoms with Gasteiger partial charge in [0.2, 0.25) is 0 Å². The minimum absolute atomic E-state index is 0.310. The van der Waals surface area contributed by atoms with E-state index in [2.05, 4.69) is 0 Å². The van der Waals surface area contributed by atoms with Crippen LogP contribution in [0.4, 0.5) is 0 Å². The quantitative estimate of drug-likeness (QED) is 0.497. The van der Waals surface area contributed by atoms with E-state index in [1.165, 1.54) is 17.7 Å². The van der Waals surface area contributed by atoms with E-state index < -0.39 is 16.5 Å². The molecule has 46 valence electrons. The molecule has 0 radical (unpaired) electrons. The Balaban J connectivity index is 3.63. The Labute approximate surface area is 61.1 Å². The number of carboxylic acids is 2. The Morgan fingerprint density at radius 3 is 2.00 bits per heavy atom. The van der Waals surface area contributed by atoms with Crippen molar-refractivity contribution in [1.82, 2.24) is 0 Å². The summed E-state index contributed by atoms with van der Waals surface area (Å²) in [6.07, 6.45) is -0.310. The van der Waals surface area contributed by atoms with E-state index >= 15 is 0 Å². The molecule has 0 saturated carbocycles. The topological polar surface area (TPSA) is 74.6 Å². The third-order valence-electron chi connectivity index (χ3n) is 0.902. The van der Waals surface area contributed by atoms with Gasteiger partial charge >= 0.3 is 60.5 Å². The summed E-state index contributed by atoms with van der Waals surface area (Å²) < 4.78 is -0.789. The molecule has 0 aliphatic rings. The van der Waals surface area contributed by atoms with Crippen molar-refractivity contribution >= 4 is 29.7 Å². The molecule has 0 rings (SSSR count). The van der Waals surface area contributed by atoms with Gasteiger partial charge in [0.1, 0.15) is 0 Å². The molecule has 4 nitrogen and oxygen atoms in total. The van der Waals surface area contributed by atoms with Crippen LogP contribution in [0.25, 0.3) is 0 Å². The van der Waals surface area contributed by atoms with Crippen molar-refractivity contribution in [2.45, 2.75) is 11.0 Å². The molecule has 0 amide bonds. The predicted octanol–water partition coefficient (Wildman–Crippen LogP) is -0.497. The molecule has 0 aromatic rings. The molecule has 0 spiro atoms. The molecule has 0 bridgehead atoms. The molecular formula is C4H5LiO4. The Hall–Kier alpha value is -0.463. The zero-order valence-electron chi connectivity index (χ0n) is 5.00. The van der Waals surface area contributed by atoms with E-state index in [9.17, 15) is 9.59 Å². The van der Waals surface area contributed by atoms with Crippen molar-refractivity contribution in [2.24, 2.45) is 0 Å². The van der Waals surface area contributed by atoms with Crippen molar-refractivity contribution in [3.05, 3.63) is 0 Å². The van der Waals surface area contributed by atoms with Crippen LogP contribution in [0.3, 0.4) is 0 Å². The summed E-state index contributed by atoms with van der Waals surface area (Å²) in [6, 6.07) is 0. The van der Waals surface area contributed by atoms with Gasteiger partial charge in [-0.1, -0.05) is 0 Å². The SMILES string of the molecule is [Li][CH](CC(=O)O)C(=O)O. The summed E-state index contributed by atoms with van der Waals surface area (Å²) in [5, 5.41) is 16.2. The molecule has 1 unspecified atom stereocenters. The van der Waals surface area contributed by atoms with Crippen LogP contribution in [-0.2, 0) is 9.59 Å². The van der Waals surface area contributed by atoms with E-state index in [4.69, 9.17) is 10.2 Å². The van der Waals surface area contributed by atoms with Gasteiger partial charge < -0.3 is 0 Å². The molecule has 0 aliphatic carbocycles. The van der Waals surface area contributed by atoms with E-state index in [1.807, 2.05) is 0 Å². The predicted molar refractivity (Wildman–Crippen MR) is 29.4 cm³/mol. The summed E-state index contributed by atoms with van der Waals surface area (Å²) in [6.45, 7) is 0. The van der Waals surface area contributed by atoms with Crippen molar-refractivity contribution in [3.8, 4) is 0 Å². The number of hydrogen-bond donors (Lipinski definition) is 2. The zero-order chi connectivity index (χ0) is 7.44. The molecular weight excluding hydrogens is 119 g/mol. The number of carboxylic acid groups (broad SMARTS) is 2. The Bertz CT molecular complexity index is 133. The molecule has 0 aromatic carbocycles. The standard InChI is InChI=1S/C4H5O4.Li/c5-3(6)1-2-4(7)8;/h1H,2H2,(H,5,6)(H,7,8);. The van der Waals surface area contributed by atoms with Gasteiger partial charge in [0.25, 0.3) is 0 Å². The van der Waals surface area contributed by atoms with Gasteiger partial charge in [0.05, 0.1) is 0 Å². The van der Waals surface area contributed by atoms with Crippen molar-refractivity contribution < 1.29 is 19.8 Å². The van der Waals surface area contributed by atoms with Crippen LogP contribution in [0.5, 0.6) is 0 Å². The van der Waals surface area contributed by atoms with E-state index in [0.717, 1.165) is 0 Å². The average molecular weight is 124 g/mol. The number of carbonyl (C=O) groups is 2. The van der Waals surface area contributed by atoms with Gasteiger partial charge in [0, 0.05) is 0 Å². The average Bonchev–Trinajstić information content (AvgIpc) is 1.63. The minimum atomic E-state index is -1.08. The van der Waals surface area contributed by atoms with Gasteiger partial charge in [-0.25, -0.2) is 0 Å². The maximum atomic E-state index is 9.97. The molecule has 0 fully saturated rings. The molecule has 2 N–H and O–H groups in total. The zero-order valence-corrected chi connectivity index (χ0v) is 5.00. The van der Waals surface area contributed by atoms with Crippen LogP contribution in [-0.4, -0.2) is 39.9 Å². The molecule has 9 heavy (non-hydrogen) atoms. The third kappa shape index (κ3) is 4.07. The van der Waals surface area contributed by atoms with Gasteiger partial charge in [-0.05, 0) is 0 Å². The van der Waals surface area contributed by atoms with Crippen LogP contribution in [0.2, 0.25) is 4.59 Å². The fourth-order valence-electron chi connectivity index (χ4n) is 0.349. The van der Waals surface area contributed by atoms with E-state index in [-0.39, 0.29) is 6.42 Å². The molecule has 0 aliphatic heterocycles. The van der Waals surface area contributed by atoms with E-state index in [1.54, 1.807) is 0 Å². The fraction of sp³-hybridized carbons (Fsp3) is 0.500. The molecule has 0 saturated heterocycles.